The molecule has 0 fully saturated rings. The number of fused-ring (bicyclic) bond motifs is 1. The molecule has 0 unspecified atom stereocenters. The lowest BCUT2D eigenvalue weighted by molar-refractivity contribution is 0.103. The molecule has 2 N–H and O–H groups in total. The first-order valence-corrected chi connectivity index (χ1v) is 10.0. The van der Waals surface area contributed by atoms with Crippen LogP contribution >= 0.6 is 11.3 Å². The van der Waals surface area contributed by atoms with Crippen molar-refractivity contribution in [1.29, 1.82) is 0 Å². The lowest BCUT2D eigenvalue weighted by Gasteiger charge is -2.09. The van der Waals surface area contributed by atoms with Crippen molar-refractivity contribution in [1.82, 2.24) is 19.5 Å². The molecule has 146 valence electrons. The molecule has 3 aromatic heterocycles. The van der Waals surface area contributed by atoms with Crippen LogP contribution in [0.4, 0.5) is 17.2 Å². The maximum Gasteiger partial charge on any atom is 0.265 e. The molecule has 3 heterocycles. The van der Waals surface area contributed by atoms with Gasteiger partial charge in [-0.1, -0.05) is 18.2 Å². The average Bonchev–Trinajstić information content (AvgIpc) is 3.45. The number of hydrogen-bond acceptors (Lipinski definition) is 6. The molecule has 0 aliphatic heterocycles. The monoisotopic (exact) mass is 412 g/mol. The number of benzene rings is 2. The molecule has 0 saturated heterocycles. The van der Waals surface area contributed by atoms with Crippen LogP contribution in [0.1, 0.15) is 9.67 Å². The first-order valence-electron chi connectivity index (χ1n) is 9.22. The Bertz CT molecular complexity index is 1280. The lowest BCUT2D eigenvalue weighted by atomic mass is 10.2. The predicted molar refractivity (Wildman–Crippen MR) is 119 cm³/mol. The first-order chi connectivity index (χ1) is 14.7. The highest BCUT2D eigenvalue weighted by Crippen LogP contribution is 2.26. The maximum atomic E-state index is 12.6. The van der Waals surface area contributed by atoms with Gasteiger partial charge in [0.1, 0.15) is 24.3 Å². The average molecular weight is 412 g/mol. The van der Waals surface area contributed by atoms with Crippen LogP contribution in [0.5, 0.6) is 0 Å². The number of carbonyl (C=O) groups excluding carboxylic acids is 1. The summed E-state index contributed by atoms with van der Waals surface area (Å²) in [6.07, 6.45) is 6.69. The van der Waals surface area contributed by atoms with Crippen LogP contribution in [-0.2, 0) is 0 Å². The number of imidazole rings is 1. The van der Waals surface area contributed by atoms with E-state index in [0.29, 0.717) is 10.7 Å². The number of thiophene rings is 1. The number of aromatic nitrogens is 4. The number of rotatable bonds is 5. The predicted octanol–water partition coefficient (Wildman–Crippen LogP) is 4.87. The molecular formula is C22H16N6OS. The number of anilines is 3. The van der Waals surface area contributed by atoms with Crippen molar-refractivity contribution in [2.24, 2.45) is 0 Å². The van der Waals surface area contributed by atoms with Crippen molar-refractivity contribution in [2.45, 2.75) is 0 Å². The van der Waals surface area contributed by atoms with Gasteiger partial charge in [0.2, 0.25) is 0 Å². The zero-order valence-corrected chi connectivity index (χ0v) is 16.5. The van der Waals surface area contributed by atoms with Crippen LogP contribution in [0.2, 0.25) is 0 Å². The summed E-state index contributed by atoms with van der Waals surface area (Å²) in [5.41, 5.74) is 1.58. The first kappa shape index (κ1) is 18.0. The Morgan fingerprint density at radius 1 is 0.967 bits per heavy atom. The fourth-order valence-corrected chi connectivity index (χ4v) is 3.98. The van der Waals surface area contributed by atoms with E-state index < -0.39 is 0 Å². The van der Waals surface area contributed by atoms with Crippen molar-refractivity contribution < 1.29 is 4.79 Å². The molecule has 5 aromatic rings. The molecule has 0 radical (unpaired) electrons. The van der Waals surface area contributed by atoms with E-state index in [0.717, 1.165) is 27.3 Å². The van der Waals surface area contributed by atoms with Crippen molar-refractivity contribution in [3.8, 4) is 5.82 Å². The van der Waals surface area contributed by atoms with Gasteiger partial charge >= 0.3 is 0 Å². The summed E-state index contributed by atoms with van der Waals surface area (Å²) in [6.45, 7) is 0. The summed E-state index contributed by atoms with van der Waals surface area (Å²) in [7, 11) is 0. The van der Waals surface area contributed by atoms with Gasteiger partial charge < -0.3 is 10.6 Å². The number of nitrogens with zero attached hydrogens (tertiary/aromatic N) is 4. The molecule has 2 aromatic carbocycles. The van der Waals surface area contributed by atoms with E-state index in [-0.39, 0.29) is 5.91 Å². The summed E-state index contributed by atoms with van der Waals surface area (Å²) in [4.78, 5) is 25.8. The molecule has 1 amide bonds. The minimum absolute atomic E-state index is 0.113. The smallest absolute Gasteiger partial charge is 0.265 e. The second kappa shape index (κ2) is 7.76. The lowest BCUT2D eigenvalue weighted by Crippen LogP contribution is -2.09. The zero-order valence-electron chi connectivity index (χ0n) is 15.7. The van der Waals surface area contributed by atoms with E-state index >= 15 is 0 Å². The van der Waals surface area contributed by atoms with E-state index in [2.05, 4.69) is 25.6 Å². The Kier molecular flexibility index (Phi) is 4.66. The Morgan fingerprint density at radius 3 is 2.60 bits per heavy atom. The number of nitrogens with one attached hydrogen (secondary N) is 2. The Hall–Kier alpha value is -4.04. The quantitative estimate of drug-likeness (QED) is 0.430. The summed E-state index contributed by atoms with van der Waals surface area (Å²) in [6, 6.07) is 19.2. The van der Waals surface area contributed by atoms with Crippen LogP contribution in [0.15, 0.2) is 85.7 Å². The minimum Gasteiger partial charge on any atom is -0.340 e. The molecular weight excluding hydrogens is 396 g/mol. The van der Waals surface area contributed by atoms with Gasteiger partial charge in [-0.3, -0.25) is 9.36 Å². The summed E-state index contributed by atoms with van der Waals surface area (Å²) in [5.74, 6) is 1.27. The van der Waals surface area contributed by atoms with Crippen molar-refractivity contribution in [3.63, 3.8) is 0 Å². The van der Waals surface area contributed by atoms with Crippen LogP contribution in [0, 0.1) is 0 Å². The van der Waals surface area contributed by atoms with Gasteiger partial charge in [0.25, 0.3) is 5.91 Å². The molecule has 0 spiro atoms. The molecule has 0 aliphatic rings. The summed E-state index contributed by atoms with van der Waals surface area (Å²) in [5, 5.41) is 7.26. The van der Waals surface area contributed by atoms with E-state index in [1.165, 1.54) is 17.7 Å². The maximum absolute atomic E-state index is 12.6. The van der Waals surface area contributed by atoms with E-state index in [1.54, 1.807) is 17.1 Å². The summed E-state index contributed by atoms with van der Waals surface area (Å²) >= 11 is 1.48. The number of amides is 1. The Morgan fingerprint density at radius 2 is 1.80 bits per heavy atom. The van der Waals surface area contributed by atoms with Crippen molar-refractivity contribution >= 4 is 44.5 Å². The van der Waals surface area contributed by atoms with Gasteiger partial charge in [0.05, 0.1) is 4.88 Å². The van der Waals surface area contributed by atoms with Gasteiger partial charge in [0.15, 0.2) is 0 Å². The topological polar surface area (TPSA) is 84.7 Å². The second-order valence-electron chi connectivity index (χ2n) is 6.54. The van der Waals surface area contributed by atoms with E-state index in [1.807, 2.05) is 66.9 Å². The summed E-state index contributed by atoms with van der Waals surface area (Å²) < 4.78 is 2.90. The molecule has 8 heteroatoms. The molecule has 30 heavy (non-hydrogen) atoms. The third kappa shape index (κ3) is 3.76. The highest BCUT2D eigenvalue weighted by atomic mass is 32.1. The fraction of sp³-hybridized carbons (Fsp3) is 0. The fourth-order valence-electron chi connectivity index (χ4n) is 3.02. The minimum atomic E-state index is -0.113. The zero-order chi connectivity index (χ0) is 20.3. The van der Waals surface area contributed by atoms with Gasteiger partial charge in [0, 0.05) is 34.5 Å². The molecule has 0 atom stereocenters. The second-order valence-corrected chi connectivity index (χ2v) is 7.62. The number of hydrogen-bond donors (Lipinski definition) is 2. The van der Waals surface area contributed by atoms with Gasteiger partial charge in [-0.2, -0.15) is 0 Å². The van der Waals surface area contributed by atoms with Gasteiger partial charge in [-0.05, 0) is 41.8 Å². The Balaban J connectivity index is 1.27. The Labute approximate surface area is 176 Å². The highest BCUT2D eigenvalue weighted by Gasteiger charge is 2.10. The highest BCUT2D eigenvalue weighted by molar-refractivity contribution is 7.20. The third-order valence-corrected chi connectivity index (χ3v) is 5.60. The van der Waals surface area contributed by atoms with Crippen LogP contribution in [0.3, 0.4) is 0 Å². The standard InChI is InChI=1S/C22H16N6OS/c29-22(19-11-15-3-1-2-4-18(15)30-19)27-17-7-5-16(6-8-17)26-20-12-21(25-13-24-20)28-10-9-23-14-28/h1-14H,(H,27,29)(H,24,25,26). The van der Waals surface area contributed by atoms with Gasteiger partial charge in [-0.25, -0.2) is 15.0 Å². The van der Waals surface area contributed by atoms with Crippen LogP contribution in [0.25, 0.3) is 15.9 Å². The molecule has 7 nitrogen and oxygen atoms in total. The van der Waals surface area contributed by atoms with Crippen LogP contribution < -0.4 is 10.6 Å². The van der Waals surface area contributed by atoms with E-state index in [4.69, 9.17) is 0 Å². The van der Waals surface area contributed by atoms with Crippen molar-refractivity contribution in [3.05, 3.63) is 90.6 Å². The normalized spacial score (nSPS) is 10.8. The molecule has 0 bridgehead atoms. The van der Waals surface area contributed by atoms with Gasteiger partial charge in [-0.15, -0.1) is 11.3 Å². The molecule has 0 saturated carbocycles. The molecule has 5 rings (SSSR count). The third-order valence-electron chi connectivity index (χ3n) is 4.49. The van der Waals surface area contributed by atoms with Crippen LogP contribution in [-0.4, -0.2) is 25.4 Å². The number of carbonyl (C=O) groups is 1. The largest absolute Gasteiger partial charge is 0.340 e. The SMILES string of the molecule is O=C(Nc1ccc(Nc2cc(-n3ccnc3)ncn2)cc1)c1cc2ccccc2s1. The van der Waals surface area contributed by atoms with Crippen molar-refractivity contribution in [2.75, 3.05) is 10.6 Å². The van der Waals surface area contributed by atoms with E-state index in [9.17, 15) is 4.79 Å². The molecule has 0 aliphatic carbocycles.